The predicted molar refractivity (Wildman–Crippen MR) is 74.6 cm³/mol. The van der Waals surface area contributed by atoms with Crippen LogP contribution in [0.15, 0.2) is 24.5 Å². The van der Waals surface area contributed by atoms with E-state index in [0.29, 0.717) is 5.41 Å². The molecule has 3 nitrogen and oxygen atoms in total. The summed E-state index contributed by atoms with van der Waals surface area (Å²) in [7, 11) is 4.10. The summed E-state index contributed by atoms with van der Waals surface area (Å²) in [5, 5.41) is 3.35. The van der Waals surface area contributed by atoms with E-state index in [1.54, 1.807) is 0 Å². The van der Waals surface area contributed by atoms with Gasteiger partial charge in [0, 0.05) is 13.6 Å². The molecule has 0 atom stereocenters. The first-order valence-electron chi connectivity index (χ1n) is 6.77. The Kier molecular flexibility index (Phi) is 2.86. The Labute approximate surface area is 108 Å². The predicted octanol–water partition coefficient (Wildman–Crippen LogP) is 2.51. The second kappa shape index (κ2) is 4.39. The van der Waals surface area contributed by atoms with Crippen molar-refractivity contribution in [2.24, 2.45) is 12.5 Å². The molecule has 1 aromatic heterocycles. The minimum atomic E-state index is 0.497. The maximum atomic E-state index is 4.45. The van der Waals surface area contributed by atoms with E-state index in [2.05, 4.69) is 40.1 Å². The number of nitrogens with one attached hydrogen (secondary N) is 1. The molecule has 3 rings (SSSR count). The summed E-state index contributed by atoms with van der Waals surface area (Å²) >= 11 is 0. The average Bonchev–Trinajstić information content (AvgIpc) is 2.68. The van der Waals surface area contributed by atoms with Gasteiger partial charge in [-0.05, 0) is 49.4 Å². The third-order valence-electron chi connectivity index (χ3n) is 4.33. The summed E-state index contributed by atoms with van der Waals surface area (Å²) in [6.45, 7) is 1.13. The highest BCUT2D eigenvalue weighted by atomic mass is 15.0. The standard InChI is InChI=1S/C15H21N3/c1-16-10-15(6-3-7-15)9-12-4-5-14-13(8-12)17-11-18(14)2/h4-5,8,11,16H,3,6-7,9-10H2,1-2H3. The molecule has 0 amide bonds. The largest absolute Gasteiger partial charge is 0.334 e. The summed E-state index contributed by atoms with van der Waals surface area (Å²) in [6.07, 6.45) is 7.16. The number of imidazole rings is 1. The number of aryl methyl sites for hydroxylation is 1. The lowest BCUT2D eigenvalue weighted by molar-refractivity contribution is 0.133. The average molecular weight is 243 g/mol. The maximum absolute atomic E-state index is 4.45. The third kappa shape index (κ3) is 1.93. The highest BCUT2D eigenvalue weighted by Gasteiger charge is 2.36. The fourth-order valence-corrected chi connectivity index (χ4v) is 3.19. The first-order valence-corrected chi connectivity index (χ1v) is 6.77. The summed E-state index contributed by atoms with van der Waals surface area (Å²) in [5.41, 5.74) is 4.26. The Morgan fingerprint density at radius 3 is 2.89 bits per heavy atom. The number of hydrogen-bond acceptors (Lipinski definition) is 2. The van der Waals surface area contributed by atoms with Crippen LogP contribution >= 0.6 is 0 Å². The van der Waals surface area contributed by atoms with Gasteiger partial charge in [-0.25, -0.2) is 4.98 Å². The summed E-state index contributed by atoms with van der Waals surface area (Å²) in [5.74, 6) is 0. The number of fused-ring (bicyclic) bond motifs is 1. The van der Waals surface area contributed by atoms with E-state index in [1.165, 1.54) is 36.8 Å². The molecule has 3 heteroatoms. The number of benzene rings is 1. The maximum Gasteiger partial charge on any atom is 0.0955 e. The van der Waals surface area contributed by atoms with Gasteiger partial charge in [-0.1, -0.05) is 12.5 Å². The Balaban J connectivity index is 1.86. The first kappa shape index (κ1) is 11.7. The molecule has 1 saturated carbocycles. The lowest BCUT2D eigenvalue weighted by Crippen LogP contribution is -2.40. The minimum absolute atomic E-state index is 0.497. The van der Waals surface area contributed by atoms with Crippen molar-refractivity contribution in [2.75, 3.05) is 13.6 Å². The van der Waals surface area contributed by atoms with Gasteiger partial charge in [0.2, 0.25) is 0 Å². The van der Waals surface area contributed by atoms with Crippen LogP contribution in [0, 0.1) is 5.41 Å². The summed E-state index contributed by atoms with van der Waals surface area (Å²) in [6, 6.07) is 6.72. The molecule has 1 aliphatic rings. The number of nitrogens with zero attached hydrogens (tertiary/aromatic N) is 2. The highest BCUT2D eigenvalue weighted by Crippen LogP contribution is 2.43. The molecule has 0 saturated heterocycles. The zero-order valence-electron chi connectivity index (χ0n) is 11.2. The first-order chi connectivity index (χ1) is 8.72. The van der Waals surface area contributed by atoms with Crippen molar-refractivity contribution in [3.05, 3.63) is 30.1 Å². The monoisotopic (exact) mass is 243 g/mol. The minimum Gasteiger partial charge on any atom is -0.334 e. The van der Waals surface area contributed by atoms with Gasteiger partial charge >= 0.3 is 0 Å². The summed E-state index contributed by atoms with van der Waals surface area (Å²) in [4.78, 5) is 4.45. The van der Waals surface area contributed by atoms with E-state index in [9.17, 15) is 0 Å². The molecule has 18 heavy (non-hydrogen) atoms. The van der Waals surface area contributed by atoms with Crippen LogP contribution in [0.5, 0.6) is 0 Å². The molecule has 0 unspecified atom stereocenters. The van der Waals surface area contributed by atoms with Gasteiger partial charge in [-0.15, -0.1) is 0 Å². The fourth-order valence-electron chi connectivity index (χ4n) is 3.19. The van der Waals surface area contributed by atoms with Crippen molar-refractivity contribution in [1.29, 1.82) is 0 Å². The van der Waals surface area contributed by atoms with Crippen LogP contribution in [0.2, 0.25) is 0 Å². The number of aromatic nitrogens is 2. The molecular formula is C15H21N3. The van der Waals surface area contributed by atoms with Crippen LogP contribution in [0.3, 0.4) is 0 Å². The molecule has 0 aliphatic heterocycles. The molecule has 0 bridgehead atoms. The van der Waals surface area contributed by atoms with E-state index in [-0.39, 0.29) is 0 Å². The van der Waals surface area contributed by atoms with Gasteiger partial charge in [-0.2, -0.15) is 0 Å². The Bertz CT molecular complexity index is 552. The zero-order chi connectivity index (χ0) is 12.6. The molecule has 1 N–H and O–H groups in total. The SMILES string of the molecule is CNCC1(Cc2ccc3c(c2)ncn3C)CCC1. The quantitative estimate of drug-likeness (QED) is 0.894. The van der Waals surface area contributed by atoms with E-state index < -0.39 is 0 Å². The van der Waals surface area contributed by atoms with Crippen LogP contribution in [-0.4, -0.2) is 23.1 Å². The van der Waals surface area contributed by atoms with Crippen molar-refractivity contribution >= 4 is 11.0 Å². The van der Waals surface area contributed by atoms with Gasteiger partial charge in [0.1, 0.15) is 0 Å². The summed E-state index contributed by atoms with van der Waals surface area (Å²) < 4.78 is 2.08. The van der Waals surface area contributed by atoms with Crippen molar-refractivity contribution in [3.8, 4) is 0 Å². The molecule has 1 aromatic carbocycles. The number of hydrogen-bond donors (Lipinski definition) is 1. The molecule has 1 aliphatic carbocycles. The lowest BCUT2D eigenvalue weighted by Gasteiger charge is -2.42. The van der Waals surface area contributed by atoms with Crippen LogP contribution in [0.25, 0.3) is 11.0 Å². The van der Waals surface area contributed by atoms with E-state index in [4.69, 9.17) is 0 Å². The lowest BCUT2D eigenvalue weighted by atomic mass is 9.65. The van der Waals surface area contributed by atoms with Crippen molar-refractivity contribution in [3.63, 3.8) is 0 Å². The van der Waals surface area contributed by atoms with Crippen LogP contribution in [0.4, 0.5) is 0 Å². The van der Waals surface area contributed by atoms with Crippen LogP contribution in [-0.2, 0) is 13.5 Å². The topological polar surface area (TPSA) is 29.9 Å². The smallest absolute Gasteiger partial charge is 0.0955 e. The van der Waals surface area contributed by atoms with Gasteiger partial charge in [0.15, 0.2) is 0 Å². The van der Waals surface area contributed by atoms with Gasteiger partial charge in [0.25, 0.3) is 0 Å². The van der Waals surface area contributed by atoms with Gasteiger partial charge < -0.3 is 9.88 Å². The normalized spacial score (nSPS) is 17.9. The van der Waals surface area contributed by atoms with E-state index in [1.807, 2.05) is 13.4 Å². The van der Waals surface area contributed by atoms with Crippen molar-refractivity contribution in [2.45, 2.75) is 25.7 Å². The van der Waals surface area contributed by atoms with E-state index >= 15 is 0 Å². The molecule has 1 heterocycles. The number of rotatable bonds is 4. The van der Waals surface area contributed by atoms with Gasteiger partial charge in [0.05, 0.1) is 17.4 Å². The second-order valence-electron chi connectivity index (χ2n) is 5.74. The Morgan fingerprint density at radius 1 is 1.39 bits per heavy atom. The Hall–Kier alpha value is -1.35. The fraction of sp³-hybridized carbons (Fsp3) is 0.533. The van der Waals surface area contributed by atoms with Crippen LogP contribution in [0.1, 0.15) is 24.8 Å². The van der Waals surface area contributed by atoms with Crippen molar-refractivity contribution < 1.29 is 0 Å². The van der Waals surface area contributed by atoms with Crippen molar-refractivity contribution in [1.82, 2.24) is 14.9 Å². The molecule has 0 spiro atoms. The van der Waals surface area contributed by atoms with Crippen LogP contribution < -0.4 is 5.32 Å². The molecule has 2 aromatic rings. The Morgan fingerprint density at radius 2 is 2.22 bits per heavy atom. The molecular weight excluding hydrogens is 222 g/mol. The molecule has 1 fully saturated rings. The van der Waals surface area contributed by atoms with Gasteiger partial charge in [-0.3, -0.25) is 0 Å². The highest BCUT2D eigenvalue weighted by molar-refractivity contribution is 5.75. The van der Waals surface area contributed by atoms with E-state index in [0.717, 1.165) is 12.1 Å². The third-order valence-corrected chi connectivity index (χ3v) is 4.33. The molecule has 0 radical (unpaired) electrons. The second-order valence-corrected chi connectivity index (χ2v) is 5.74. The zero-order valence-corrected chi connectivity index (χ0v) is 11.2. The molecule has 96 valence electrons.